The van der Waals surface area contributed by atoms with Gasteiger partial charge in [-0.25, -0.2) is 0 Å². The minimum atomic E-state index is -0.0737. The molecule has 0 aliphatic rings. The number of nitrogens with one attached hydrogen (secondary N) is 1. The molecule has 0 saturated carbocycles. The van der Waals surface area contributed by atoms with E-state index in [0.29, 0.717) is 11.5 Å². The van der Waals surface area contributed by atoms with Gasteiger partial charge in [-0.15, -0.1) is 0 Å². The Bertz CT molecular complexity index is 796. The zero-order valence-electron chi connectivity index (χ0n) is 13.8. The molecule has 0 fully saturated rings. The molecular weight excluding hydrogens is 294 g/mol. The highest BCUT2D eigenvalue weighted by Gasteiger charge is 2.12. The molecule has 1 unspecified atom stereocenters. The second-order valence-corrected chi connectivity index (χ2v) is 5.99. The van der Waals surface area contributed by atoms with E-state index >= 15 is 0 Å². The fraction of sp³-hybridized carbons (Fsp3) is 0.136. The van der Waals surface area contributed by atoms with Crippen LogP contribution in [0.2, 0.25) is 0 Å². The zero-order valence-corrected chi connectivity index (χ0v) is 13.8. The van der Waals surface area contributed by atoms with Gasteiger partial charge in [0.2, 0.25) is 0 Å². The predicted molar refractivity (Wildman–Crippen MR) is 99.4 cm³/mol. The van der Waals surface area contributed by atoms with E-state index in [0.717, 1.165) is 17.7 Å². The Morgan fingerprint density at radius 1 is 0.833 bits per heavy atom. The fourth-order valence-corrected chi connectivity index (χ4v) is 2.83. The number of anilines is 1. The van der Waals surface area contributed by atoms with E-state index in [-0.39, 0.29) is 5.91 Å². The lowest BCUT2D eigenvalue weighted by atomic mass is 9.93. The van der Waals surface area contributed by atoms with Crippen LogP contribution in [0.3, 0.4) is 0 Å². The van der Waals surface area contributed by atoms with Gasteiger partial charge in [0.05, 0.1) is 0 Å². The summed E-state index contributed by atoms with van der Waals surface area (Å²) in [6.45, 7) is 2.21. The van der Waals surface area contributed by atoms with E-state index < -0.39 is 0 Å². The predicted octanol–water partition coefficient (Wildman–Crippen LogP) is 5.29. The van der Waals surface area contributed by atoms with Gasteiger partial charge in [-0.3, -0.25) is 4.79 Å². The number of carbonyl (C=O) groups excluding carboxylic acids is 1. The zero-order chi connectivity index (χ0) is 16.8. The number of benzene rings is 3. The van der Waals surface area contributed by atoms with E-state index in [1.54, 1.807) is 0 Å². The lowest BCUT2D eigenvalue weighted by Gasteiger charge is -2.16. The molecule has 0 saturated heterocycles. The highest BCUT2D eigenvalue weighted by molar-refractivity contribution is 6.04. The van der Waals surface area contributed by atoms with Crippen LogP contribution in [-0.2, 0) is 6.42 Å². The monoisotopic (exact) mass is 315 g/mol. The molecule has 2 nitrogen and oxygen atoms in total. The molecule has 1 atom stereocenters. The summed E-state index contributed by atoms with van der Waals surface area (Å²) in [7, 11) is 0. The van der Waals surface area contributed by atoms with Gasteiger partial charge in [0.25, 0.3) is 5.91 Å². The highest BCUT2D eigenvalue weighted by Crippen LogP contribution is 2.25. The van der Waals surface area contributed by atoms with Crippen LogP contribution < -0.4 is 5.32 Å². The van der Waals surface area contributed by atoms with Crippen LogP contribution in [0.25, 0.3) is 0 Å². The van der Waals surface area contributed by atoms with Crippen LogP contribution in [0.15, 0.2) is 84.9 Å². The number of carbonyl (C=O) groups is 1. The maximum atomic E-state index is 12.4. The first-order valence-corrected chi connectivity index (χ1v) is 8.23. The standard InChI is InChI=1S/C22H21NO/c1-17(18-10-4-2-5-11-18)16-20-14-8-9-15-21(20)23-22(24)19-12-6-3-7-13-19/h2-15,17H,16H2,1H3,(H,23,24). The molecule has 1 amide bonds. The minimum Gasteiger partial charge on any atom is -0.322 e. The second-order valence-electron chi connectivity index (χ2n) is 5.99. The summed E-state index contributed by atoms with van der Waals surface area (Å²) in [5.41, 5.74) is 4.01. The van der Waals surface area contributed by atoms with Gasteiger partial charge in [0, 0.05) is 11.3 Å². The Morgan fingerprint density at radius 3 is 2.12 bits per heavy atom. The van der Waals surface area contributed by atoms with E-state index in [2.05, 4.69) is 42.6 Å². The van der Waals surface area contributed by atoms with Crippen LogP contribution >= 0.6 is 0 Å². The van der Waals surface area contributed by atoms with Gasteiger partial charge in [-0.2, -0.15) is 0 Å². The molecule has 0 aromatic heterocycles. The molecule has 0 heterocycles. The van der Waals surface area contributed by atoms with Crippen molar-refractivity contribution >= 4 is 11.6 Å². The summed E-state index contributed by atoms with van der Waals surface area (Å²) in [5.74, 6) is 0.316. The van der Waals surface area contributed by atoms with Crippen molar-refractivity contribution in [1.82, 2.24) is 0 Å². The van der Waals surface area contributed by atoms with E-state index in [9.17, 15) is 4.79 Å². The van der Waals surface area contributed by atoms with Crippen molar-refractivity contribution in [2.45, 2.75) is 19.3 Å². The molecule has 0 spiro atoms. The fourth-order valence-electron chi connectivity index (χ4n) is 2.83. The van der Waals surface area contributed by atoms with Crippen molar-refractivity contribution < 1.29 is 4.79 Å². The Labute approximate surface area is 143 Å². The average Bonchev–Trinajstić information content (AvgIpc) is 2.64. The van der Waals surface area contributed by atoms with Crippen molar-refractivity contribution in [3.63, 3.8) is 0 Å². The molecule has 0 radical (unpaired) electrons. The third-order valence-corrected chi connectivity index (χ3v) is 4.20. The summed E-state index contributed by atoms with van der Waals surface area (Å²) in [6.07, 6.45) is 0.884. The number of hydrogen-bond donors (Lipinski definition) is 1. The first kappa shape index (κ1) is 16.0. The van der Waals surface area contributed by atoms with Crippen molar-refractivity contribution in [2.24, 2.45) is 0 Å². The van der Waals surface area contributed by atoms with Crippen LogP contribution in [0.1, 0.15) is 34.3 Å². The quantitative estimate of drug-likeness (QED) is 0.681. The lowest BCUT2D eigenvalue weighted by molar-refractivity contribution is 0.102. The van der Waals surface area contributed by atoms with Gasteiger partial charge in [-0.05, 0) is 41.7 Å². The molecule has 2 heteroatoms. The summed E-state index contributed by atoms with van der Waals surface area (Å²) >= 11 is 0. The Morgan fingerprint density at radius 2 is 1.42 bits per heavy atom. The van der Waals surface area contributed by atoms with Crippen LogP contribution in [0.4, 0.5) is 5.69 Å². The Kier molecular flexibility index (Phi) is 5.07. The number of para-hydroxylation sites is 1. The van der Waals surface area contributed by atoms with E-state index in [1.807, 2.05) is 54.6 Å². The molecule has 3 aromatic rings. The summed E-state index contributed by atoms with van der Waals surface area (Å²) in [4.78, 5) is 12.4. The maximum absolute atomic E-state index is 12.4. The SMILES string of the molecule is CC(Cc1ccccc1NC(=O)c1ccccc1)c1ccccc1. The first-order chi connectivity index (χ1) is 11.7. The molecule has 0 aliphatic carbocycles. The highest BCUT2D eigenvalue weighted by atomic mass is 16.1. The molecule has 1 N–H and O–H groups in total. The van der Waals surface area contributed by atoms with Gasteiger partial charge >= 0.3 is 0 Å². The largest absolute Gasteiger partial charge is 0.322 e. The van der Waals surface area contributed by atoms with Gasteiger partial charge in [-0.1, -0.05) is 73.7 Å². The maximum Gasteiger partial charge on any atom is 0.255 e. The number of hydrogen-bond acceptors (Lipinski definition) is 1. The van der Waals surface area contributed by atoms with Gasteiger partial charge in [0.15, 0.2) is 0 Å². The topological polar surface area (TPSA) is 29.1 Å². The summed E-state index contributed by atoms with van der Waals surface area (Å²) < 4.78 is 0. The molecule has 0 bridgehead atoms. The van der Waals surface area contributed by atoms with Gasteiger partial charge in [0.1, 0.15) is 0 Å². The Balaban J connectivity index is 1.77. The lowest BCUT2D eigenvalue weighted by Crippen LogP contribution is -2.13. The summed E-state index contributed by atoms with van der Waals surface area (Å²) in [6, 6.07) is 27.8. The van der Waals surface area contributed by atoms with Crippen molar-refractivity contribution in [3.8, 4) is 0 Å². The van der Waals surface area contributed by atoms with Crippen molar-refractivity contribution in [2.75, 3.05) is 5.32 Å². The van der Waals surface area contributed by atoms with E-state index in [1.165, 1.54) is 5.56 Å². The molecule has 3 aromatic carbocycles. The molecule has 0 aliphatic heterocycles. The smallest absolute Gasteiger partial charge is 0.255 e. The normalized spacial score (nSPS) is 11.7. The molecule has 3 rings (SSSR count). The van der Waals surface area contributed by atoms with E-state index in [4.69, 9.17) is 0 Å². The Hall–Kier alpha value is -2.87. The minimum absolute atomic E-state index is 0.0737. The van der Waals surface area contributed by atoms with Crippen molar-refractivity contribution in [3.05, 3.63) is 102 Å². The third-order valence-electron chi connectivity index (χ3n) is 4.20. The average molecular weight is 315 g/mol. The first-order valence-electron chi connectivity index (χ1n) is 8.23. The number of amides is 1. The second kappa shape index (κ2) is 7.60. The molecule has 120 valence electrons. The van der Waals surface area contributed by atoms with Gasteiger partial charge < -0.3 is 5.32 Å². The summed E-state index contributed by atoms with van der Waals surface area (Å²) in [5, 5.41) is 3.04. The van der Waals surface area contributed by atoms with Crippen LogP contribution in [-0.4, -0.2) is 5.91 Å². The molecule has 24 heavy (non-hydrogen) atoms. The van der Waals surface area contributed by atoms with Crippen LogP contribution in [0, 0.1) is 0 Å². The number of rotatable bonds is 5. The van der Waals surface area contributed by atoms with Crippen molar-refractivity contribution in [1.29, 1.82) is 0 Å². The third kappa shape index (κ3) is 3.90. The molecular formula is C22H21NO. The van der Waals surface area contributed by atoms with Crippen LogP contribution in [0.5, 0.6) is 0 Å².